The van der Waals surface area contributed by atoms with Crippen LogP contribution in [0.15, 0.2) is 71.6 Å². The largest absolute Gasteiger partial charge is 0.436 e. The Morgan fingerprint density at radius 1 is 1.03 bits per heavy atom. The number of amides is 1. The second-order valence-corrected chi connectivity index (χ2v) is 10.2. The van der Waals surface area contributed by atoms with E-state index in [9.17, 15) is 18.5 Å². The summed E-state index contributed by atoms with van der Waals surface area (Å²) in [6.45, 7) is 1.34. The molecule has 0 aliphatic carbocycles. The third-order valence-corrected chi connectivity index (χ3v) is 7.25. The van der Waals surface area contributed by atoms with Gasteiger partial charge in [0.1, 0.15) is 11.4 Å². The van der Waals surface area contributed by atoms with E-state index in [1.54, 1.807) is 30.3 Å². The van der Waals surface area contributed by atoms with Crippen LogP contribution in [-0.2, 0) is 14.6 Å². The van der Waals surface area contributed by atoms with E-state index in [-0.39, 0.29) is 33.1 Å². The lowest BCUT2D eigenvalue weighted by molar-refractivity contribution is -0.114. The number of sulfone groups is 1. The van der Waals surface area contributed by atoms with Crippen LogP contribution in [0.1, 0.15) is 17.9 Å². The Hall–Kier alpha value is -3.71. The number of carbonyl (C=O) groups excluding carboxylic acids is 1. The molecular formula is C24H16Cl2N4O4S. The first-order valence-corrected chi connectivity index (χ1v) is 12.4. The molecule has 4 aromatic rings. The van der Waals surface area contributed by atoms with Crippen LogP contribution in [0.2, 0.25) is 10.0 Å². The zero-order valence-electron chi connectivity index (χ0n) is 18.1. The average Bonchev–Trinajstić information content (AvgIpc) is 2.81. The summed E-state index contributed by atoms with van der Waals surface area (Å²) in [5.74, 6) is -0.321. The van der Waals surface area contributed by atoms with Gasteiger partial charge in [0.15, 0.2) is 5.25 Å². The molecule has 0 aliphatic rings. The minimum absolute atomic E-state index is 0.136. The lowest BCUT2D eigenvalue weighted by Gasteiger charge is -2.16. The fraction of sp³-hybridized carbons (Fsp3) is 0.0833. The SMILES string of the molecule is CC(=O)Nc1ccc(S(=O)(=O)[C@H](C#N)c2nc3ccccc3nc2Oc2ccc(Cl)cc2Cl)cc1. The number of hydrogen-bond donors (Lipinski definition) is 1. The molecule has 0 unspecified atom stereocenters. The van der Waals surface area contributed by atoms with E-state index in [2.05, 4.69) is 15.3 Å². The summed E-state index contributed by atoms with van der Waals surface area (Å²) in [6, 6.07) is 18.6. The summed E-state index contributed by atoms with van der Waals surface area (Å²) in [5, 5.41) is 11.3. The Morgan fingerprint density at radius 3 is 2.29 bits per heavy atom. The molecule has 8 nitrogen and oxygen atoms in total. The number of nitrogens with zero attached hydrogens (tertiary/aromatic N) is 3. The van der Waals surface area contributed by atoms with Crippen LogP contribution in [0.4, 0.5) is 5.69 Å². The molecule has 3 aromatic carbocycles. The Balaban J connectivity index is 1.83. The Bertz CT molecular complexity index is 1590. The quantitative estimate of drug-likeness (QED) is 0.340. The normalized spacial score (nSPS) is 12.1. The van der Waals surface area contributed by atoms with E-state index in [0.29, 0.717) is 21.7 Å². The van der Waals surface area contributed by atoms with E-state index < -0.39 is 15.1 Å². The number of rotatable bonds is 6. The van der Waals surface area contributed by atoms with Crippen molar-refractivity contribution in [2.45, 2.75) is 17.1 Å². The van der Waals surface area contributed by atoms with Gasteiger partial charge in [0.2, 0.25) is 21.6 Å². The maximum absolute atomic E-state index is 13.5. The van der Waals surface area contributed by atoms with Crippen molar-refractivity contribution in [2.24, 2.45) is 0 Å². The highest BCUT2D eigenvalue weighted by Crippen LogP contribution is 2.38. The minimum Gasteiger partial charge on any atom is -0.436 e. The minimum atomic E-state index is -4.26. The topological polar surface area (TPSA) is 122 Å². The number of fused-ring (bicyclic) bond motifs is 1. The number of benzene rings is 3. The maximum Gasteiger partial charge on any atom is 0.244 e. The molecule has 4 rings (SSSR count). The Morgan fingerprint density at radius 2 is 1.69 bits per heavy atom. The molecule has 0 spiro atoms. The van der Waals surface area contributed by atoms with Crippen LogP contribution in [-0.4, -0.2) is 24.3 Å². The maximum atomic E-state index is 13.5. The molecular weight excluding hydrogens is 511 g/mol. The second-order valence-electron chi connectivity index (χ2n) is 7.34. The first-order valence-electron chi connectivity index (χ1n) is 10.1. The lowest BCUT2D eigenvalue weighted by atomic mass is 10.2. The van der Waals surface area contributed by atoms with Crippen molar-refractivity contribution in [1.82, 2.24) is 9.97 Å². The molecule has 1 atom stereocenters. The molecule has 1 N–H and O–H groups in total. The van der Waals surface area contributed by atoms with Gasteiger partial charge in [-0.2, -0.15) is 5.26 Å². The molecule has 11 heteroatoms. The van der Waals surface area contributed by atoms with Gasteiger partial charge in [0, 0.05) is 17.6 Å². The number of anilines is 1. The number of nitriles is 1. The van der Waals surface area contributed by atoms with Crippen molar-refractivity contribution >= 4 is 55.7 Å². The summed E-state index contributed by atoms with van der Waals surface area (Å²) < 4.78 is 32.8. The number of halogens is 2. The summed E-state index contributed by atoms with van der Waals surface area (Å²) in [4.78, 5) is 20.0. The van der Waals surface area contributed by atoms with Gasteiger partial charge in [-0.15, -0.1) is 0 Å². The Labute approximate surface area is 211 Å². The molecule has 1 heterocycles. The first-order chi connectivity index (χ1) is 16.7. The van der Waals surface area contributed by atoms with E-state index in [1.807, 2.05) is 6.07 Å². The zero-order valence-corrected chi connectivity index (χ0v) is 20.4. The van der Waals surface area contributed by atoms with Gasteiger partial charge in [-0.1, -0.05) is 35.3 Å². The second kappa shape index (κ2) is 9.88. The van der Waals surface area contributed by atoms with E-state index >= 15 is 0 Å². The number of ether oxygens (including phenoxy) is 1. The van der Waals surface area contributed by atoms with Gasteiger partial charge in [-0.3, -0.25) is 4.79 Å². The smallest absolute Gasteiger partial charge is 0.244 e. The fourth-order valence-electron chi connectivity index (χ4n) is 3.25. The molecule has 0 bridgehead atoms. The highest BCUT2D eigenvalue weighted by Gasteiger charge is 2.34. The standard InChI is InChI=1S/C24H16Cl2N4O4S/c1-14(31)28-16-7-9-17(10-8-16)35(32,33)22(13-27)23-24(30-20-5-3-2-4-19(20)29-23)34-21-11-6-15(25)12-18(21)26/h2-12,22H,1H3,(H,28,31)/t22-/m1/s1. The predicted octanol–water partition coefficient (Wildman–Crippen LogP) is 5.73. The van der Waals surface area contributed by atoms with Crippen LogP contribution in [0.5, 0.6) is 11.6 Å². The molecule has 1 amide bonds. The number of hydrogen-bond acceptors (Lipinski definition) is 7. The van der Waals surface area contributed by atoms with E-state index in [0.717, 1.165) is 0 Å². The summed E-state index contributed by atoms with van der Waals surface area (Å²) >= 11 is 12.2. The van der Waals surface area contributed by atoms with Crippen LogP contribution in [0.25, 0.3) is 11.0 Å². The molecule has 0 saturated heterocycles. The number of nitrogens with one attached hydrogen (secondary N) is 1. The summed E-state index contributed by atoms with van der Waals surface area (Å²) in [6.07, 6.45) is 0. The average molecular weight is 527 g/mol. The third kappa shape index (κ3) is 5.20. The van der Waals surface area contributed by atoms with Crippen molar-refractivity contribution in [3.05, 3.63) is 82.5 Å². The molecule has 0 radical (unpaired) electrons. The van der Waals surface area contributed by atoms with Gasteiger partial charge in [-0.05, 0) is 54.6 Å². The predicted molar refractivity (Wildman–Crippen MR) is 132 cm³/mol. The van der Waals surface area contributed by atoms with Crippen molar-refractivity contribution in [1.29, 1.82) is 5.26 Å². The van der Waals surface area contributed by atoms with Crippen LogP contribution in [0.3, 0.4) is 0 Å². The van der Waals surface area contributed by atoms with Gasteiger partial charge in [-0.25, -0.2) is 18.4 Å². The monoisotopic (exact) mass is 526 g/mol. The van der Waals surface area contributed by atoms with E-state index in [4.69, 9.17) is 27.9 Å². The number of aromatic nitrogens is 2. The highest BCUT2D eigenvalue weighted by atomic mass is 35.5. The van der Waals surface area contributed by atoms with Crippen LogP contribution >= 0.6 is 23.2 Å². The van der Waals surface area contributed by atoms with Crippen molar-refractivity contribution in [3.8, 4) is 17.7 Å². The summed E-state index contributed by atoms with van der Waals surface area (Å²) in [7, 11) is -4.26. The molecule has 0 fully saturated rings. The Kier molecular flexibility index (Phi) is 6.89. The first kappa shape index (κ1) is 24.4. The molecule has 35 heavy (non-hydrogen) atoms. The van der Waals surface area contributed by atoms with Crippen molar-refractivity contribution < 1.29 is 17.9 Å². The highest BCUT2D eigenvalue weighted by molar-refractivity contribution is 7.92. The van der Waals surface area contributed by atoms with Gasteiger partial charge in [0.25, 0.3) is 0 Å². The van der Waals surface area contributed by atoms with Gasteiger partial charge >= 0.3 is 0 Å². The number of carbonyl (C=O) groups is 1. The molecule has 0 saturated carbocycles. The molecule has 0 aliphatic heterocycles. The molecule has 176 valence electrons. The van der Waals surface area contributed by atoms with Crippen molar-refractivity contribution in [2.75, 3.05) is 5.32 Å². The van der Waals surface area contributed by atoms with E-state index in [1.165, 1.54) is 43.3 Å². The number of para-hydroxylation sites is 2. The van der Waals surface area contributed by atoms with Crippen LogP contribution < -0.4 is 10.1 Å². The zero-order chi connectivity index (χ0) is 25.2. The third-order valence-electron chi connectivity index (χ3n) is 4.84. The summed E-state index contributed by atoms with van der Waals surface area (Å²) in [5.41, 5.74) is 1.04. The van der Waals surface area contributed by atoms with Gasteiger partial charge < -0.3 is 10.1 Å². The fourth-order valence-corrected chi connectivity index (χ4v) is 5.07. The molecule has 1 aromatic heterocycles. The lowest BCUT2D eigenvalue weighted by Crippen LogP contribution is -2.16. The van der Waals surface area contributed by atoms with Crippen LogP contribution in [0, 0.1) is 11.3 Å². The van der Waals surface area contributed by atoms with Crippen molar-refractivity contribution in [3.63, 3.8) is 0 Å². The van der Waals surface area contributed by atoms with Gasteiger partial charge in [0.05, 0.1) is 27.0 Å².